The molecule has 1 saturated heterocycles. The van der Waals surface area contributed by atoms with E-state index in [0.29, 0.717) is 25.3 Å². The van der Waals surface area contributed by atoms with Gasteiger partial charge in [0.05, 0.1) is 6.10 Å². The summed E-state index contributed by atoms with van der Waals surface area (Å²) >= 11 is 0. The molecule has 2 N–H and O–H groups in total. The molecule has 96 valence electrons. The molecule has 1 heterocycles. The first kappa shape index (κ1) is 12.4. The van der Waals surface area contributed by atoms with Gasteiger partial charge in [-0.15, -0.1) is 0 Å². The van der Waals surface area contributed by atoms with Crippen LogP contribution >= 0.6 is 0 Å². The quantitative estimate of drug-likeness (QED) is 0.697. The molecule has 5 heteroatoms. The van der Waals surface area contributed by atoms with Gasteiger partial charge in [-0.2, -0.15) is 0 Å². The second-order valence-electron chi connectivity index (χ2n) is 4.96. The molecule has 1 amide bonds. The summed E-state index contributed by atoms with van der Waals surface area (Å²) in [7, 11) is 0. The number of hydrogen-bond acceptors (Lipinski definition) is 3. The van der Waals surface area contributed by atoms with Gasteiger partial charge in [0, 0.05) is 19.1 Å². The molecule has 2 unspecified atom stereocenters. The van der Waals surface area contributed by atoms with E-state index in [2.05, 4.69) is 12.2 Å². The number of carbonyl (C=O) groups excluding carboxylic acids is 1. The lowest BCUT2D eigenvalue weighted by atomic mass is 9.99. The number of carbonyl (C=O) groups is 2. The standard InChI is InChI=1S/C12H19NO4/c1-2-9-8(3-6-17-9)7-13-10(14)12(4-5-12)11(15)16/h8-9H,2-7H2,1H3,(H,13,14)(H,15,16). The minimum Gasteiger partial charge on any atom is -0.480 e. The first-order valence-electron chi connectivity index (χ1n) is 6.23. The lowest BCUT2D eigenvalue weighted by molar-refractivity contribution is -0.149. The molecular formula is C12H19NO4. The molecule has 1 aliphatic carbocycles. The highest BCUT2D eigenvalue weighted by Gasteiger charge is 2.57. The Kier molecular flexibility index (Phi) is 3.38. The maximum Gasteiger partial charge on any atom is 0.319 e. The smallest absolute Gasteiger partial charge is 0.319 e. The first-order valence-corrected chi connectivity index (χ1v) is 6.23. The summed E-state index contributed by atoms with van der Waals surface area (Å²) in [5.41, 5.74) is -1.12. The van der Waals surface area contributed by atoms with E-state index in [1.54, 1.807) is 0 Å². The Morgan fingerprint density at radius 2 is 2.18 bits per heavy atom. The Morgan fingerprint density at radius 1 is 1.47 bits per heavy atom. The van der Waals surface area contributed by atoms with Crippen LogP contribution in [0.3, 0.4) is 0 Å². The molecule has 0 aromatic heterocycles. The van der Waals surface area contributed by atoms with Crippen molar-refractivity contribution in [3.8, 4) is 0 Å². The average molecular weight is 241 g/mol. The van der Waals surface area contributed by atoms with Crippen LogP contribution in [0, 0.1) is 11.3 Å². The molecular weight excluding hydrogens is 222 g/mol. The molecule has 5 nitrogen and oxygen atoms in total. The third-order valence-electron chi connectivity index (χ3n) is 3.87. The van der Waals surface area contributed by atoms with Crippen LogP contribution in [0.25, 0.3) is 0 Å². The van der Waals surface area contributed by atoms with Crippen LogP contribution in [0.4, 0.5) is 0 Å². The van der Waals surface area contributed by atoms with E-state index in [9.17, 15) is 9.59 Å². The van der Waals surface area contributed by atoms with Crippen molar-refractivity contribution in [3.05, 3.63) is 0 Å². The van der Waals surface area contributed by atoms with E-state index >= 15 is 0 Å². The molecule has 0 aromatic rings. The predicted molar refractivity (Wildman–Crippen MR) is 60.5 cm³/mol. The van der Waals surface area contributed by atoms with Gasteiger partial charge in [-0.25, -0.2) is 0 Å². The fourth-order valence-electron chi connectivity index (χ4n) is 2.43. The minimum atomic E-state index is -1.12. The number of carboxylic acids is 1. The van der Waals surface area contributed by atoms with Gasteiger partial charge >= 0.3 is 5.97 Å². The Balaban J connectivity index is 1.82. The molecule has 0 bridgehead atoms. The van der Waals surface area contributed by atoms with Crippen molar-refractivity contribution in [3.63, 3.8) is 0 Å². The predicted octanol–water partition coefficient (Wildman–Crippen LogP) is 0.782. The molecule has 17 heavy (non-hydrogen) atoms. The van der Waals surface area contributed by atoms with Crippen molar-refractivity contribution < 1.29 is 19.4 Å². The van der Waals surface area contributed by atoms with Crippen LogP contribution in [-0.4, -0.2) is 36.2 Å². The number of hydrogen-bond donors (Lipinski definition) is 2. The highest BCUT2D eigenvalue weighted by molar-refractivity contribution is 6.04. The molecule has 0 aromatic carbocycles. The largest absolute Gasteiger partial charge is 0.480 e. The Morgan fingerprint density at radius 3 is 2.71 bits per heavy atom. The van der Waals surface area contributed by atoms with Gasteiger partial charge in [0.2, 0.25) is 5.91 Å². The summed E-state index contributed by atoms with van der Waals surface area (Å²) < 4.78 is 5.53. The molecule has 0 spiro atoms. The van der Waals surface area contributed by atoms with Gasteiger partial charge < -0.3 is 15.2 Å². The first-order chi connectivity index (χ1) is 8.10. The zero-order valence-electron chi connectivity index (χ0n) is 10.1. The van der Waals surface area contributed by atoms with Gasteiger partial charge in [-0.05, 0) is 25.7 Å². The normalized spacial score (nSPS) is 29.9. The molecule has 1 aliphatic heterocycles. The van der Waals surface area contributed by atoms with E-state index < -0.39 is 11.4 Å². The zero-order valence-corrected chi connectivity index (χ0v) is 10.1. The fourth-order valence-corrected chi connectivity index (χ4v) is 2.43. The van der Waals surface area contributed by atoms with Gasteiger partial charge in [0.25, 0.3) is 0 Å². The van der Waals surface area contributed by atoms with E-state index in [-0.39, 0.29) is 12.0 Å². The number of nitrogens with one attached hydrogen (secondary N) is 1. The monoisotopic (exact) mass is 241 g/mol. The summed E-state index contributed by atoms with van der Waals surface area (Å²) in [5, 5.41) is 11.8. The van der Waals surface area contributed by atoms with Crippen LogP contribution in [0.5, 0.6) is 0 Å². The third kappa shape index (κ3) is 2.29. The zero-order chi connectivity index (χ0) is 12.5. The highest BCUT2D eigenvalue weighted by atomic mass is 16.5. The van der Waals surface area contributed by atoms with Gasteiger partial charge in [-0.1, -0.05) is 6.92 Å². The SMILES string of the molecule is CCC1OCCC1CNC(=O)C1(C(=O)O)CC1. The van der Waals surface area contributed by atoms with Crippen LogP contribution in [0.2, 0.25) is 0 Å². The van der Waals surface area contributed by atoms with Crippen molar-refractivity contribution in [2.75, 3.05) is 13.2 Å². The van der Waals surface area contributed by atoms with E-state index in [1.807, 2.05) is 0 Å². The minimum absolute atomic E-state index is 0.204. The summed E-state index contributed by atoms with van der Waals surface area (Å²) in [6.45, 7) is 3.33. The fraction of sp³-hybridized carbons (Fsp3) is 0.833. The Hall–Kier alpha value is -1.10. The molecule has 2 rings (SSSR count). The van der Waals surface area contributed by atoms with E-state index in [4.69, 9.17) is 9.84 Å². The van der Waals surface area contributed by atoms with Crippen LogP contribution in [-0.2, 0) is 14.3 Å². The third-order valence-corrected chi connectivity index (χ3v) is 3.87. The second-order valence-corrected chi connectivity index (χ2v) is 4.96. The van der Waals surface area contributed by atoms with Crippen molar-refractivity contribution in [1.82, 2.24) is 5.32 Å². The molecule has 2 atom stereocenters. The lowest BCUT2D eigenvalue weighted by Crippen LogP contribution is -2.40. The topological polar surface area (TPSA) is 75.6 Å². The summed E-state index contributed by atoms with van der Waals surface area (Å²) in [6.07, 6.45) is 3.01. The highest BCUT2D eigenvalue weighted by Crippen LogP contribution is 2.46. The van der Waals surface area contributed by atoms with Crippen molar-refractivity contribution in [2.24, 2.45) is 11.3 Å². The van der Waals surface area contributed by atoms with Gasteiger partial charge in [-0.3, -0.25) is 9.59 Å². The molecule has 2 aliphatic rings. The summed E-state index contributed by atoms with van der Waals surface area (Å²) in [5.74, 6) is -0.995. The van der Waals surface area contributed by atoms with Crippen LogP contribution in [0.15, 0.2) is 0 Å². The van der Waals surface area contributed by atoms with Crippen molar-refractivity contribution in [1.29, 1.82) is 0 Å². The van der Waals surface area contributed by atoms with Crippen molar-refractivity contribution >= 4 is 11.9 Å². The average Bonchev–Trinajstić information content (AvgIpc) is 3.00. The van der Waals surface area contributed by atoms with Crippen LogP contribution in [0.1, 0.15) is 32.6 Å². The van der Waals surface area contributed by atoms with Crippen molar-refractivity contribution in [2.45, 2.75) is 38.7 Å². The molecule has 2 fully saturated rings. The van der Waals surface area contributed by atoms with Gasteiger partial charge in [0.1, 0.15) is 5.41 Å². The number of ether oxygens (including phenoxy) is 1. The summed E-state index contributed by atoms with van der Waals surface area (Å²) in [6, 6.07) is 0. The van der Waals surface area contributed by atoms with E-state index in [1.165, 1.54) is 0 Å². The number of amides is 1. The second kappa shape index (κ2) is 4.64. The number of aliphatic carboxylic acids is 1. The lowest BCUT2D eigenvalue weighted by Gasteiger charge is -2.18. The summed E-state index contributed by atoms with van der Waals surface area (Å²) in [4.78, 5) is 22.7. The van der Waals surface area contributed by atoms with Crippen LogP contribution < -0.4 is 5.32 Å². The Bertz CT molecular complexity index is 324. The van der Waals surface area contributed by atoms with Gasteiger partial charge in [0.15, 0.2) is 0 Å². The molecule has 1 saturated carbocycles. The van der Waals surface area contributed by atoms with E-state index in [0.717, 1.165) is 19.4 Å². The Labute approximate surface area is 101 Å². The number of rotatable bonds is 5. The number of carboxylic acid groups (broad SMARTS) is 1. The maximum absolute atomic E-state index is 11.8. The molecule has 0 radical (unpaired) electrons. The maximum atomic E-state index is 11.8.